The molecule has 1 heterocycles. The van der Waals surface area contributed by atoms with Crippen molar-refractivity contribution in [1.82, 2.24) is 10.2 Å². The van der Waals surface area contributed by atoms with E-state index in [4.69, 9.17) is 0 Å². The maximum Gasteiger partial charge on any atom is 0.487 e. The zero-order valence-corrected chi connectivity index (χ0v) is 7.90. The molecule has 0 aliphatic carbocycles. The highest BCUT2D eigenvalue weighted by Crippen LogP contribution is 2.26. The van der Waals surface area contributed by atoms with Crippen molar-refractivity contribution >= 4 is 5.91 Å². The van der Waals surface area contributed by atoms with Gasteiger partial charge in [-0.05, 0) is 19.4 Å². The Balaban J connectivity index is 2.71. The number of amides is 1. The number of carbonyl (C=O) groups is 1. The maximum atomic E-state index is 12.4. The number of carbonyl (C=O) groups excluding carboxylic acids is 1. The molecule has 1 N–H and O–H groups in total. The minimum atomic E-state index is -4.56. The van der Waals surface area contributed by atoms with Gasteiger partial charge in [-0.3, -0.25) is 4.79 Å². The molecule has 0 unspecified atom stereocenters. The van der Waals surface area contributed by atoms with Crippen LogP contribution in [0.1, 0.15) is 19.8 Å². The third-order valence-corrected chi connectivity index (χ3v) is 2.25. The first-order valence-electron chi connectivity index (χ1n) is 4.50. The molecule has 1 atom stereocenters. The van der Waals surface area contributed by atoms with Crippen molar-refractivity contribution in [2.24, 2.45) is 0 Å². The van der Waals surface area contributed by atoms with E-state index >= 15 is 0 Å². The van der Waals surface area contributed by atoms with E-state index in [1.54, 1.807) is 0 Å². The van der Waals surface area contributed by atoms with Crippen molar-refractivity contribution < 1.29 is 18.0 Å². The molecule has 0 aromatic rings. The second-order valence-electron chi connectivity index (χ2n) is 3.36. The summed E-state index contributed by atoms with van der Waals surface area (Å²) in [6.07, 6.45) is -3.48. The lowest BCUT2D eigenvalue weighted by atomic mass is 10.1. The summed E-state index contributed by atoms with van der Waals surface area (Å²) < 4.78 is 37.3. The molecule has 82 valence electrons. The summed E-state index contributed by atoms with van der Waals surface area (Å²) in [5, 5.41) is 2.85. The molecule has 1 aliphatic heterocycles. The largest absolute Gasteiger partial charge is 0.487 e. The second-order valence-corrected chi connectivity index (χ2v) is 3.36. The molecule has 1 fully saturated rings. The number of piperidine rings is 1. The van der Waals surface area contributed by atoms with Crippen molar-refractivity contribution in [2.45, 2.75) is 32.1 Å². The Morgan fingerprint density at radius 3 is 2.50 bits per heavy atom. The van der Waals surface area contributed by atoms with Gasteiger partial charge in [-0.2, -0.15) is 0 Å². The molecule has 0 radical (unpaired) electrons. The van der Waals surface area contributed by atoms with Crippen LogP contribution in [0, 0.1) is 0 Å². The molecule has 0 aromatic heterocycles. The van der Waals surface area contributed by atoms with Crippen LogP contribution in [0.25, 0.3) is 0 Å². The van der Waals surface area contributed by atoms with Crippen molar-refractivity contribution in [3.05, 3.63) is 0 Å². The van der Waals surface area contributed by atoms with Gasteiger partial charge < -0.3 is 5.32 Å². The standard InChI is InChI=1S/C8H13F3N2O/c1-6(14)13(8(9,10)11)7-3-2-4-12-5-7/h7,12H,2-5H2,1H3/t7-/m1/s1. The number of hydrogen-bond acceptors (Lipinski definition) is 2. The third-order valence-electron chi connectivity index (χ3n) is 2.25. The summed E-state index contributed by atoms with van der Waals surface area (Å²) in [6, 6.07) is -0.749. The first-order chi connectivity index (χ1) is 6.43. The molecule has 3 nitrogen and oxygen atoms in total. The highest BCUT2D eigenvalue weighted by Gasteiger charge is 2.43. The van der Waals surface area contributed by atoms with E-state index in [1.165, 1.54) is 0 Å². The lowest BCUT2D eigenvalue weighted by Crippen LogP contribution is -2.54. The van der Waals surface area contributed by atoms with Gasteiger partial charge in [0.05, 0.1) is 6.04 Å². The van der Waals surface area contributed by atoms with Crippen molar-refractivity contribution in [1.29, 1.82) is 0 Å². The summed E-state index contributed by atoms with van der Waals surface area (Å²) in [6.45, 7) is 1.89. The van der Waals surface area contributed by atoms with Crippen LogP contribution in [0.4, 0.5) is 13.2 Å². The normalized spacial score (nSPS) is 23.3. The Morgan fingerprint density at radius 1 is 1.50 bits per heavy atom. The molecule has 0 bridgehead atoms. The van der Waals surface area contributed by atoms with Crippen LogP contribution in [0.3, 0.4) is 0 Å². The van der Waals surface area contributed by atoms with Crippen LogP contribution in [-0.4, -0.2) is 36.2 Å². The van der Waals surface area contributed by atoms with Gasteiger partial charge in [0.1, 0.15) is 0 Å². The smallest absolute Gasteiger partial charge is 0.315 e. The molecule has 1 saturated heterocycles. The van der Waals surface area contributed by atoms with Crippen LogP contribution in [0.2, 0.25) is 0 Å². The van der Waals surface area contributed by atoms with Gasteiger partial charge in [0.15, 0.2) is 0 Å². The zero-order chi connectivity index (χ0) is 10.8. The first-order valence-corrected chi connectivity index (χ1v) is 4.50. The highest BCUT2D eigenvalue weighted by molar-refractivity contribution is 5.74. The molecule has 0 aromatic carbocycles. The van der Waals surface area contributed by atoms with Gasteiger partial charge in [0.2, 0.25) is 5.91 Å². The van der Waals surface area contributed by atoms with Gasteiger partial charge >= 0.3 is 6.30 Å². The lowest BCUT2D eigenvalue weighted by Gasteiger charge is -2.34. The van der Waals surface area contributed by atoms with E-state index in [2.05, 4.69) is 5.32 Å². The van der Waals surface area contributed by atoms with E-state index in [0.717, 1.165) is 13.5 Å². The molecule has 1 rings (SSSR count). The zero-order valence-electron chi connectivity index (χ0n) is 7.90. The number of nitrogens with zero attached hydrogens (tertiary/aromatic N) is 1. The molecule has 0 saturated carbocycles. The van der Waals surface area contributed by atoms with E-state index in [-0.39, 0.29) is 11.4 Å². The fourth-order valence-electron chi connectivity index (χ4n) is 1.70. The quantitative estimate of drug-likeness (QED) is 0.657. The average molecular weight is 210 g/mol. The van der Waals surface area contributed by atoms with Crippen molar-refractivity contribution in [3.63, 3.8) is 0 Å². The molecule has 1 amide bonds. The molecule has 0 spiro atoms. The van der Waals surface area contributed by atoms with Gasteiger partial charge in [0, 0.05) is 13.5 Å². The molecule has 6 heteroatoms. The van der Waals surface area contributed by atoms with Gasteiger partial charge in [-0.1, -0.05) is 0 Å². The Hall–Kier alpha value is -0.780. The summed E-state index contributed by atoms with van der Waals surface area (Å²) in [4.78, 5) is 10.9. The van der Waals surface area contributed by atoms with E-state index < -0.39 is 18.2 Å². The van der Waals surface area contributed by atoms with Crippen LogP contribution < -0.4 is 5.32 Å². The Morgan fingerprint density at radius 2 is 2.14 bits per heavy atom. The minimum Gasteiger partial charge on any atom is -0.315 e. The average Bonchev–Trinajstić information content (AvgIpc) is 2.02. The van der Waals surface area contributed by atoms with E-state index in [0.29, 0.717) is 12.8 Å². The number of rotatable bonds is 1. The SMILES string of the molecule is CC(=O)N([C@@H]1CCCNC1)C(F)(F)F. The van der Waals surface area contributed by atoms with E-state index in [9.17, 15) is 18.0 Å². The van der Waals surface area contributed by atoms with Crippen LogP contribution in [-0.2, 0) is 4.79 Å². The Labute approximate surface area is 80.3 Å². The van der Waals surface area contributed by atoms with Crippen molar-refractivity contribution in [3.8, 4) is 0 Å². The maximum absolute atomic E-state index is 12.4. The Bertz CT molecular complexity index is 211. The molecule has 1 aliphatic rings. The van der Waals surface area contributed by atoms with Gasteiger partial charge in [-0.15, -0.1) is 13.2 Å². The highest BCUT2D eigenvalue weighted by atomic mass is 19.4. The van der Waals surface area contributed by atoms with Crippen LogP contribution in [0.15, 0.2) is 0 Å². The Kier molecular flexibility index (Phi) is 3.36. The predicted octanol–water partition coefficient (Wildman–Crippen LogP) is 1.11. The van der Waals surface area contributed by atoms with Crippen LogP contribution in [0.5, 0.6) is 0 Å². The number of hydrogen-bond donors (Lipinski definition) is 1. The summed E-state index contributed by atoms with van der Waals surface area (Å²) in [5.74, 6) is -0.939. The first kappa shape index (κ1) is 11.3. The van der Waals surface area contributed by atoms with E-state index in [1.807, 2.05) is 0 Å². The van der Waals surface area contributed by atoms with Gasteiger partial charge in [0.25, 0.3) is 0 Å². The second kappa shape index (κ2) is 4.16. The monoisotopic (exact) mass is 210 g/mol. The summed E-state index contributed by atoms with van der Waals surface area (Å²) in [5.41, 5.74) is 0. The molecular formula is C8H13F3N2O. The number of alkyl halides is 3. The molecular weight excluding hydrogens is 197 g/mol. The molecule has 14 heavy (non-hydrogen) atoms. The fraction of sp³-hybridized carbons (Fsp3) is 0.875. The lowest BCUT2D eigenvalue weighted by molar-refractivity contribution is -0.251. The number of halogens is 3. The predicted molar refractivity (Wildman–Crippen MR) is 44.5 cm³/mol. The summed E-state index contributed by atoms with van der Waals surface area (Å²) >= 11 is 0. The van der Waals surface area contributed by atoms with Gasteiger partial charge in [-0.25, -0.2) is 4.90 Å². The number of nitrogens with one attached hydrogen (secondary N) is 1. The minimum absolute atomic E-state index is 0.0131. The van der Waals surface area contributed by atoms with Crippen LogP contribution >= 0.6 is 0 Å². The fourth-order valence-corrected chi connectivity index (χ4v) is 1.70. The topological polar surface area (TPSA) is 32.3 Å². The van der Waals surface area contributed by atoms with Crippen molar-refractivity contribution in [2.75, 3.05) is 13.1 Å². The third kappa shape index (κ3) is 2.60. The summed E-state index contributed by atoms with van der Waals surface area (Å²) in [7, 11) is 0.